The molecule has 5 nitrogen and oxygen atoms in total. The molecule has 1 atom stereocenters. The van der Waals surface area contributed by atoms with E-state index in [1.807, 2.05) is 18.7 Å². The van der Waals surface area contributed by atoms with Gasteiger partial charge in [0.05, 0.1) is 36.3 Å². The number of anilines is 2. The molecule has 3 rings (SSSR count). The molecule has 0 aromatic heterocycles. The normalized spacial score (nSPS) is 15.6. The maximum Gasteiger partial charge on any atom is 0.416 e. The molecule has 0 bridgehead atoms. The Hall–Kier alpha value is -2.74. The Balaban J connectivity index is 1.83. The molecule has 2 aromatic rings. The first-order valence-electron chi connectivity index (χ1n) is 9.90. The molecule has 1 heterocycles. The van der Waals surface area contributed by atoms with Crippen LogP contribution in [0, 0.1) is 0 Å². The topological polar surface area (TPSA) is 50.8 Å². The lowest BCUT2D eigenvalue weighted by Crippen LogP contribution is -2.36. The fourth-order valence-corrected chi connectivity index (χ4v) is 3.09. The molecule has 0 spiro atoms. The van der Waals surface area contributed by atoms with Gasteiger partial charge in [0.15, 0.2) is 0 Å². The second-order valence-electron chi connectivity index (χ2n) is 7.14. The van der Waals surface area contributed by atoms with Crippen molar-refractivity contribution in [3.05, 3.63) is 53.6 Å². The van der Waals surface area contributed by atoms with Crippen molar-refractivity contribution in [2.24, 2.45) is 0 Å². The molecule has 0 saturated carbocycles. The number of carbonyl (C=O) groups excluding carboxylic acids is 1. The Morgan fingerprint density at radius 2 is 1.83 bits per heavy atom. The summed E-state index contributed by atoms with van der Waals surface area (Å²) >= 11 is 0. The summed E-state index contributed by atoms with van der Waals surface area (Å²) in [6, 6.07) is 9.94. The van der Waals surface area contributed by atoms with E-state index < -0.39 is 17.6 Å². The van der Waals surface area contributed by atoms with Gasteiger partial charge in [0.2, 0.25) is 0 Å². The second kappa shape index (κ2) is 9.38. The summed E-state index contributed by atoms with van der Waals surface area (Å²) in [5, 5.41) is 2.65. The Kier molecular flexibility index (Phi) is 6.87. The molecule has 2 aromatic carbocycles. The zero-order valence-electron chi connectivity index (χ0n) is 17.0. The zero-order valence-corrected chi connectivity index (χ0v) is 17.0. The molecule has 0 aliphatic carbocycles. The lowest BCUT2D eigenvalue weighted by Gasteiger charge is -2.31. The molecule has 1 aliphatic heterocycles. The van der Waals surface area contributed by atoms with Gasteiger partial charge in [-0.3, -0.25) is 4.79 Å². The minimum absolute atomic E-state index is 0.0471. The number of morpholine rings is 1. The summed E-state index contributed by atoms with van der Waals surface area (Å²) in [6.45, 7) is 5.99. The number of rotatable bonds is 6. The smallest absolute Gasteiger partial charge is 0.416 e. The van der Waals surface area contributed by atoms with E-state index in [1.54, 1.807) is 24.3 Å². The van der Waals surface area contributed by atoms with E-state index in [4.69, 9.17) is 9.47 Å². The Morgan fingerprint density at radius 1 is 1.17 bits per heavy atom. The maximum atomic E-state index is 13.2. The zero-order chi connectivity index (χ0) is 21.7. The number of hydrogen-bond acceptors (Lipinski definition) is 4. The van der Waals surface area contributed by atoms with Crippen LogP contribution in [0.25, 0.3) is 0 Å². The minimum Gasteiger partial charge on any atom is -0.491 e. The predicted octanol–water partition coefficient (Wildman–Crippen LogP) is 4.97. The van der Waals surface area contributed by atoms with Crippen LogP contribution in [0.1, 0.15) is 36.2 Å². The molecule has 8 heteroatoms. The van der Waals surface area contributed by atoms with Crippen LogP contribution in [0.3, 0.4) is 0 Å². The summed E-state index contributed by atoms with van der Waals surface area (Å²) in [5.74, 6) is 0.146. The van der Waals surface area contributed by atoms with E-state index in [0.29, 0.717) is 43.3 Å². The molecule has 0 radical (unpaired) electrons. The number of nitrogens with zero attached hydrogens (tertiary/aromatic N) is 1. The van der Waals surface area contributed by atoms with Gasteiger partial charge in [-0.2, -0.15) is 13.2 Å². The first-order chi connectivity index (χ1) is 14.3. The van der Waals surface area contributed by atoms with Crippen molar-refractivity contribution in [1.29, 1.82) is 0 Å². The Morgan fingerprint density at radius 3 is 2.43 bits per heavy atom. The Labute approximate surface area is 173 Å². The number of halogens is 3. The van der Waals surface area contributed by atoms with Gasteiger partial charge in [0, 0.05) is 18.7 Å². The van der Waals surface area contributed by atoms with Crippen molar-refractivity contribution < 1.29 is 27.4 Å². The molecular weight excluding hydrogens is 397 g/mol. The maximum absolute atomic E-state index is 13.2. The van der Waals surface area contributed by atoms with Crippen LogP contribution < -0.4 is 15.0 Å². The molecule has 162 valence electrons. The lowest BCUT2D eigenvalue weighted by molar-refractivity contribution is -0.137. The summed E-state index contributed by atoms with van der Waals surface area (Å²) in [4.78, 5) is 14.6. The number of carbonyl (C=O) groups is 1. The van der Waals surface area contributed by atoms with E-state index in [9.17, 15) is 18.0 Å². The van der Waals surface area contributed by atoms with Gasteiger partial charge in [-0.1, -0.05) is 6.92 Å². The highest BCUT2D eigenvalue weighted by Crippen LogP contribution is 2.36. The van der Waals surface area contributed by atoms with Crippen molar-refractivity contribution in [3.8, 4) is 5.75 Å². The van der Waals surface area contributed by atoms with Crippen LogP contribution in [-0.4, -0.2) is 38.3 Å². The van der Waals surface area contributed by atoms with Crippen molar-refractivity contribution in [2.45, 2.75) is 32.5 Å². The summed E-state index contributed by atoms with van der Waals surface area (Å²) in [7, 11) is 0. The van der Waals surface area contributed by atoms with Crippen LogP contribution in [0.2, 0.25) is 0 Å². The summed E-state index contributed by atoms with van der Waals surface area (Å²) < 4.78 is 50.7. The van der Waals surface area contributed by atoms with Gasteiger partial charge in [-0.15, -0.1) is 0 Å². The molecule has 0 unspecified atom stereocenters. The average Bonchev–Trinajstić information content (AvgIpc) is 2.74. The minimum atomic E-state index is -4.50. The largest absolute Gasteiger partial charge is 0.491 e. The molecule has 1 N–H and O–H groups in total. The Bertz CT molecular complexity index is 863. The van der Waals surface area contributed by atoms with Crippen molar-refractivity contribution in [1.82, 2.24) is 0 Å². The van der Waals surface area contributed by atoms with Gasteiger partial charge in [0.1, 0.15) is 5.75 Å². The summed E-state index contributed by atoms with van der Waals surface area (Å²) in [6.07, 6.45) is -3.61. The fraction of sp³-hybridized carbons (Fsp3) is 0.409. The standard InChI is InChI=1S/C22H25F3N2O3/c1-3-15(2)30-18-7-4-16(5-8-18)21(28)26-19-14-17(22(23,24)25)6-9-20(19)27-10-12-29-13-11-27/h4-9,14-15H,3,10-13H2,1-2H3,(H,26,28)/t15-/m0/s1. The van der Waals surface area contributed by atoms with Crippen LogP contribution in [-0.2, 0) is 10.9 Å². The highest BCUT2D eigenvalue weighted by Gasteiger charge is 2.32. The highest BCUT2D eigenvalue weighted by atomic mass is 19.4. The monoisotopic (exact) mass is 422 g/mol. The number of benzene rings is 2. The molecular formula is C22H25F3N2O3. The van der Waals surface area contributed by atoms with Gasteiger partial charge in [-0.25, -0.2) is 0 Å². The van der Waals surface area contributed by atoms with Gasteiger partial charge < -0.3 is 19.7 Å². The first kappa shape index (κ1) is 22.0. The predicted molar refractivity (Wildman–Crippen MR) is 109 cm³/mol. The van der Waals surface area contributed by atoms with E-state index in [1.165, 1.54) is 6.07 Å². The number of ether oxygens (including phenoxy) is 2. The lowest BCUT2D eigenvalue weighted by atomic mass is 10.1. The molecule has 1 saturated heterocycles. The SMILES string of the molecule is CC[C@H](C)Oc1ccc(C(=O)Nc2cc(C(F)(F)F)ccc2N2CCOCC2)cc1. The van der Waals surface area contributed by atoms with E-state index >= 15 is 0 Å². The third-order valence-corrected chi connectivity index (χ3v) is 4.95. The third kappa shape index (κ3) is 5.44. The van der Waals surface area contributed by atoms with E-state index in [2.05, 4.69) is 5.32 Å². The molecule has 1 fully saturated rings. The van der Waals surface area contributed by atoms with Crippen LogP contribution in [0.5, 0.6) is 5.75 Å². The van der Waals surface area contributed by atoms with Crippen LogP contribution in [0.4, 0.5) is 24.5 Å². The fourth-order valence-electron chi connectivity index (χ4n) is 3.09. The second-order valence-corrected chi connectivity index (χ2v) is 7.14. The van der Waals surface area contributed by atoms with Gasteiger partial charge in [-0.05, 0) is 55.8 Å². The summed E-state index contributed by atoms with van der Waals surface area (Å²) in [5.41, 5.74) is 0.178. The number of nitrogens with one attached hydrogen (secondary N) is 1. The van der Waals surface area contributed by atoms with Crippen LogP contribution >= 0.6 is 0 Å². The van der Waals surface area contributed by atoms with Crippen molar-refractivity contribution in [3.63, 3.8) is 0 Å². The quantitative estimate of drug-likeness (QED) is 0.714. The van der Waals surface area contributed by atoms with Crippen molar-refractivity contribution >= 4 is 17.3 Å². The van der Waals surface area contributed by atoms with E-state index in [0.717, 1.165) is 18.6 Å². The number of alkyl halides is 3. The highest BCUT2D eigenvalue weighted by molar-refractivity contribution is 6.06. The van der Waals surface area contributed by atoms with Crippen molar-refractivity contribution in [2.75, 3.05) is 36.5 Å². The first-order valence-corrected chi connectivity index (χ1v) is 9.90. The van der Waals surface area contributed by atoms with Gasteiger partial charge in [0.25, 0.3) is 5.91 Å². The number of amides is 1. The van der Waals surface area contributed by atoms with Crippen LogP contribution in [0.15, 0.2) is 42.5 Å². The molecule has 30 heavy (non-hydrogen) atoms. The number of hydrogen-bond donors (Lipinski definition) is 1. The van der Waals surface area contributed by atoms with Gasteiger partial charge >= 0.3 is 6.18 Å². The molecule has 1 amide bonds. The average molecular weight is 422 g/mol. The van der Waals surface area contributed by atoms with E-state index in [-0.39, 0.29) is 11.8 Å². The molecule has 1 aliphatic rings. The third-order valence-electron chi connectivity index (χ3n) is 4.95.